The monoisotopic (exact) mass is 496 g/mol. The fourth-order valence-corrected chi connectivity index (χ4v) is 6.63. The second-order valence-corrected chi connectivity index (χ2v) is 11.5. The Morgan fingerprint density at radius 2 is 1.89 bits per heavy atom. The Balaban J connectivity index is 1.37. The summed E-state index contributed by atoms with van der Waals surface area (Å²) in [6.45, 7) is 7.06. The van der Waals surface area contributed by atoms with Gasteiger partial charge in [-0.2, -0.15) is 4.98 Å². The summed E-state index contributed by atoms with van der Waals surface area (Å²) in [4.78, 5) is 27.2. The van der Waals surface area contributed by atoms with Crippen molar-refractivity contribution in [3.05, 3.63) is 18.0 Å². The van der Waals surface area contributed by atoms with Crippen LogP contribution in [0, 0.1) is 0 Å². The molecule has 2 atom stereocenters. The van der Waals surface area contributed by atoms with Gasteiger partial charge in [-0.1, -0.05) is 13.3 Å². The topological polar surface area (TPSA) is 86.5 Å². The van der Waals surface area contributed by atoms with Gasteiger partial charge in [-0.15, -0.1) is 0 Å². The molecule has 2 N–H and O–H groups in total. The van der Waals surface area contributed by atoms with E-state index in [-0.39, 0.29) is 12.1 Å². The summed E-state index contributed by atoms with van der Waals surface area (Å²) in [5.41, 5.74) is 2.34. The number of aliphatic hydroxyl groups excluding tert-OH is 1. The Morgan fingerprint density at radius 1 is 1.14 bits per heavy atom. The molecule has 5 rings (SSSR count). The van der Waals surface area contributed by atoms with E-state index in [1.807, 2.05) is 6.20 Å². The zero-order chi connectivity index (χ0) is 25.2. The molecule has 2 aromatic rings. The lowest BCUT2D eigenvalue weighted by Crippen LogP contribution is -2.47. The molecule has 0 spiro atoms. The SMILES string of the molecule is CCCC(C)Nc1ncc2c(C3CCN(C(=O)C4CCCN4C)CC3)cn(C3CCC(O)CC3)c2n1. The first-order valence-corrected chi connectivity index (χ1v) is 14.3. The fraction of sp³-hybridized carbons (Fsp3) is 0.750. The number of aromatic nitrogens is 3. The van der Waals surface area contributed by atoms with Gasteiger partial charge in [-0.25, -0.2) is 4.98 Å². The zero-order valence-corrected chi connectivity index (χ0v) is 22.3. The number of nitrogens with one attached hydrogen (secondary N) is 1. The molecule has 0 aromatic carbocycles. The lowest BCUT2D eigenvalue weighted by Gasteiger charge is -2.35. The average molecular weight is 497 g/mol. The van der Waals surface area contributed by atoms with E-state index >= 15 is 0 Å². The molecule has 1 saturated carbocycles. The Hall–Kier alpha value is -2.19. The molecule has 3 aliphatic rings. The molecule has 4 heterocycles. The molecular formula is C28H44N6O2. The predicted octanol–water partition coefficient (Wildman–Crippen LogP) is 4.31. The summed E-state index contributed by atoms with van der Waals surface area (Å²) in [7, 11) is 2.08. The first-order chi connectivity index (χ1) is 17.4. The highest BCUT2D eigenvalue weighted by atomic mass is 16.3. The van der Waals surface area contributed by atoms with Crippen LogP contribution < -0.4 is 5.32 Å². The van der Waals surface area contributed by atoms with Crippen LogP contribution >= 0.6 is 0 Å². The summed E-state index contributed by atoms with van der Waals surface area (Å²) < 4.78 is 2.37. The minimum Gasteiger partial charge on any atom is -0.393 e. The van der Waals surface area contributed by atoms with Crippen molar-refractivity contribution in [1.29, 1.82) is 0 Å². The van der Waals surface area contributed by atoms with Gasteiger partial charge >= 0.3 is 0 Å². The van der Waals surface area contributed by atoms with Gasteiger partial charge in [0.2, 0.25) is 11.9 Å². The van der Waals surface area contributed by atoms with Crippen LogP contribution in [0.4, 0.5) is 5.95 Å². The van der Waals surface area contributed by atoms with Crippen molar-refractivity contribution in [1.82, 2.24) is 24.3 Å². The average Bonchev–Trinajstić information content (AvgIpc) is 3.48. The summed E-state index contributed by atoms with van der Waals surface area (Å²) in [6.07, 6.45) is 14.1. The number of aliphatic hydroxyl groups is 1. The summed E-state index contributed by atoms with van der Waals surface area (Å²) in [5, 5.41) is 14.7. The molecule has 8 nitrogen and oxygen atoms in total. The second-order valence-electron chi connectivity index (χ2n) is 11.5. The highest BCUT2D eigenvalue weighted by Gasteiger charge is 2.34. The Bertz CT molecular complexity index is 1040. The van der Waals surface area contributed by atoms with E-state index < -0.39 is 0 Å². The van der Waals surface area contributed by atoms with Gasteiger partial charge in [0.15, 0.2) is 0 Å². The molecule has 36 heavy (non-hydrogen) atoms. The maximum Gasteiger partial charge on any atom is 0.239 e. The number of nitrogens with zero attached hydrogens (tertiary/aromatic N) is 5. The predicted molar refractivity (Wildman–Crippen MR) is 143 cm³/mol. The number of rotatable bonds is 7. The van der Waals surface area contributed by atoms with Crippen LogP contribution in [0.2, 0.25) is 0 Å². The van der Waals surface area contributed by atoms with E-state index in [1.165, 1.54) is 5.56 Å². The highest BCUT2D eigenvalue weighted by molar-refractivity contribution is 5.83. The number of carbonyl (C=O) groups is 1. The van der Waals surface area contributed by atoms with Crippen LogP contribution in [0.5, 0.6) is 0 Å². The standard InChI is InChI=1S/C28H44N6O2/c1-4-6-19(2)30-28-29-17-23-24(18-34(26(23)31-28)21-8-10-22(35)11-9-21)20-12-15-33(16-13-20)27(36)25-7-5-14-32(25)3/h17-22,25,35H,4-16H2,1-3H3,(H,29,30,31). The zero-order valence-electron chi connectivity index (χ0n) is 22.3. The van der Waals surface area contributed by atoms with E-state index in [0.29, 0.717) is 29.9 Å². The minimum atomic E-state index is -0.176. The number of likely N-dealkylation sites (N-methyl/N-ethyl adjacent to an activating group) is 1. The van der Waals surface area contributed by atoms with Crippen LogP contribution in [0.25, 0.3) is 11.0 Å². The van der Waals surface area contributed by atoms with Gasteiger partial charge in [0, 0.05) is 43.0 Å². The van der Waals surface area contributed by atoms with Gasteiger partial charge < -0.3 is 19.9 Å². The maximum atomic E-state index is 13.1. The number of piperidine rings is 1. The van der Waals surface area contributed by atoms with Crippen molar-refractivity contribution < 1.29 is 9.90 Å². The lowest BCUT2D eigenvalue weighted by atomic mass is 9.89. The van der Waals surface area contributed by atoms with Crippen molar-refractivity contribution in [3.63, 3.8) is 0 Å². The Labute approximate surface area is 215 Å². The van der Waals surface area contributed by atoms with Crippen LogP contribution in [-0.4, -0.2) is 80.2 Å². The number of likely N-dealkylation sites (tertiary alicyclic amines) is 2. The Morgan fingerprint density at radius 3 is 2.56 bits per heavy atom. The minimum absolute atomic E-state index is 0.0690. The van der Waals surface area contributed by atoms with Crippen molar-refractivity contribution in [3.8, 4) is 0 Å². The molecule has 1 amide bonds. The van der Waals surface area contributed by atoms with Gasteiger partial charge in [0.25, 0.3) is 0 Å². The molecule has 0 bridgehead atoms. The molecule has 2 aromatic heterocycles. The first-order valence-electron chi connectivity index (χ1n) is 14.3. The molecular weight excluding hydrogens is 452 g/mol. The maximum absolute atomic E-state index is 13.1. The van der Waals surface area contributed by atoms with Crippen LogP contribution in [0.3, 0.4) is 0 Å². The van der Waals surface area contributed by atoms with Crippen molar-refractivity contribution in [2.24, 2.45) is 0 Å². The molecule has 198 valence electrons. The largest absolute Gasteiger partial charge is 0.393 e. The summed E-state index contributed by atoms with van der Waals surface area (Å²) in [5.74, 6) is 1.43. The number of hydrogen-bond acceptors (Lipinski definition) is 6. The van der Waals surface area contributed by atoms with Crippen molar-refractivity contribution >= 4 is 22.9 Å². The van der Waals surface area contributed by atoms with E-state index in [4.69, 9.17) is 9.97 Å². The second kappa shape index (κ2) is 11.1. The normalized spacial score (nSPS) is 27.0. The third-order valence-corrected chi connectivity index (χ3v) is 8.81. The van der Waals surface area contributed by atoms with Gasteiger partial charge in [0.1, 0.15) is 5.65 Å². The van der Waals surface area contributed by atoms with E-state index in [2.05, 4.69) is 46.8 Å². The summed E-state index contributed by atoms with van der Waals surface area (Å²) >= 11 is 0. The lowest BCUT2D eigenvalue weighted by molar-refractivity contribution is -0.136. The van der Waals surface area contributed by atoms with Crippen LogP contribution in [0.1, 0.15) is 95.6 Å². The molecule has 2 unspecified atom stereocenters. The third-order valence-electron chi connectivity index (χ3n) is 8.81. The van der Waals surface area contributed by atoms with Crippen molar-refractivity contribution in [2.75, 3.05) is 32.0 Å². The smallest absolute Gasteiger partial charge is 0.239 e. The molecule has 3 fully saturated rings. The molecule has 2 saturated heterocycles. The van der Waals surface area contributed by atoms with E-state index in [0.717, 1.165) is 94.9 Å². The van der Waals surface area contributed by atoms with E-state index in [9.17, 15) is 9.90 Å². The van der Waals surface area contributed by atoms with Gasteiger partial charge in [-0.05, 0) is 89.8 Å². The number of amides is 1. The van der Waals surface area contributed by atoms with Crippen LogP contribution in [-0.2, 0) is 4.79 Å². The first kappa shape index (κ1) is 25.5. The molecule has 1 aliphatic carbocycles. The molecule has 8 heteroatoms. The fourth-order valence-electron chi connectivity index (χ4n) is 6.63. The molecule has 2 aliphatic heterocycles. The number of carbonyl (C=O) groups excluding carboxylic acids is 1. The summed E-state index contributed by atoms with van der Waals surface area (Å²) in [6, 6.07) is 0.764. The van der Waals surface area contributed by atoms with E-state index in [1.54, 1.807) is 0 Å². The van der Waals surface area contributed by atoms with Gasteiger partial charge in [0.05, 0.1) is 12.1 Å². The number of fused-ring (bicyclic) bond motifs is 1. The van der Waals surface area contributed by atoms with Crippen LogP contribution in [0.15, 0.2) is 12.4 Å². The molecule has 0 radical (unpaired) electrons. The van der Waals surface area contributed by atoms with Gasteiger partial charge in [-0.3, -0.25) is 9.69 Å². The van der Waals surface area contributed by atoms with Crippen molar-refractivity contribution in [2.45, 2.75) is 108 Å². The quantitative estimate of drug-likeness (QED) is 0.594. The highest BCUT2D eigenvalue weighted by Crippen LogP contribution is 2.38. The Kier molecular flexibility index (Phi) is 7.82. The number of hydrogen-bond donors (Lipinski definition) is 2. The number of anilines is 1. The third kappa shape index (κ3) is 5.25.